The quantitative estimate of drug-likeness (QED) is 0.557. The van der Waals surface area contributed by atoms with Crippen molar-refractivity contribution in [2.75, 3.05) is 7.11 Å². The monoisotopic (exact) mass is 346 g/mol. The molecule has 2 atom stereocenters. The van der Waals surface area contributed by atoms with Gasteiger partial charge in [0, 0.05) is 28.7 Å². The van der Waals surface area contributed by atoms with Crippen molar-refractivity contribution >= 4 is 22.9 Å². The van der Waals surface area contributed by atoms with Gasteiger partial charge in [-0.3, -0.25) is 0 Å². The molecule has 0 spiro atoms. The molecule has 1 aliphatic rings. The third-order valence-corrected chi connectivity index (χ3v) is 4.98. The minimum Gasteiger partial charge on any atom is -0.466 e. The Hall–Kier alpha value is -2.85. The molecule has 3 aromatic rings. The number of aromatic amines is 1. The summed E-state index contributed by atoms with van der Waals surface area (Å²) in [6.07, 6.45) is 4.22. The van der Waals surface area contributed by atoms with E-state index in [9.17, 15) is 4.79 Å². The number of fused-ring (bicyclic) bond motifs is 3. The van der Waals surface area contributed by atoms with Crippen molar-refractivity contribution in [3.8, 4) is 0 Å². The van der Waals surface area contributed by atoms with E-state index in [1.54, 1.807) is 6.08 Å². The molecule has 1 aromatic heterocycles. The number of H-pyrrole nitrogens is 1. The average Bonchev–Trinajstić information content (AvgIpc) is 3.04. The summed E-state index contributed by atoms with van der Waals surface area (Å²) in [5.41, 5.74) is 6.03. The van der Waals surface area contributed by atoms with Crippen LogP contribution >= 0.6 is 0 Å². The number of rotatable bonds is 3. The van der Waals surface area contributed by atoms with Crippen LogP contribution in [0.4, 0.5) is 0 Å². The highest BCUT2D eigenvalue weighted by molar-refractivity contribution is 5.87. The number of carbonyl (C=O) groups excluding carboxylic acids is 1. The summed E-state index contributed by atoms with van der Waals surface area (Å²) < 4.78 is 4.63. The van der Waals surface area contributed by atoms with E-state index in [4.69, 9.17) is 0 Å². The number of benzene rings is 2. The number of carbonyl (C=O) groups is 1. The molecule has 1 aliphatic heterocycles. The van der Waals surface area contributed by atoms with Crippen molar-refractivity contribution in [1.82, 2.24) is 10.3 Å². The van der Waals surface area contributed by atoms with Gasteiger partial charge in [-0.25, -0.2) is 4.79 Å². The first-order valence-electron chi connectivity index (χ1n) is 8.87. The smallest absolute Gasteiger partial charge is 0.330 e. The highest BCUT2D eigenvalue weighted by Gasteiger charge is 2.28. The lowest BCUT2D eigenvalue weighted by Crippen LogP contribution is -2.37. The standard InChI is InChI=1S/C22H22N2O2/c1-14-13-18-17-5-3-4-6-19(17)24-22(18)21(23-14)16-10-7-15(8-11-16)9-12-20(25)26-2/h3-12,14,21,23-24H,13H2,1-2H3/b12-9+/t14-,21?/m1/s1. The topological polar surface area (TPSA) is 54.1 Å². The summed E-state index contributed by atoms with van der Waals surface area (Å²) >= 11 is 0. The van der Waals surface area contributed by atoms with Crippen LogP contribution in [-0.4, -0.2) is 24.1 Å². The van der Waals surface area contributed by atoms with Crippen LogP contribution in [0.5, 0.6) is 0 Å². The Balaban J connectivity index is 1.68. The van der Waals surface area contributed by atoms with Crippen LogP contribution in [0.3, 0.4) is 0 Å². The van der Waals surface area contributed by atoms with Gasteiger partial charge in [-0.15, -0.1) is 0 Å². The summed E-state index contributed by atoms with van der Waals surface area (Å²) in [7, 11) is 1.38. The molecule has 0 radical (unpaired) electrons. The van der Waals surface area contributed by atoms with Gasteiger partial charge in [-0.05, 0) is 42.2 Å². The fraction of sp³-hybridized carbons (Fsp3) is 0.227. The summed E-state index contributed by atoms with van der Waals surface area (Å²) in [4.78, 5) is 14.8. The Morgan fingerprint density at radius 3 is 2.69 bits per heavy atom. The average molecular weight is 346 g/mol. The second-order valence-corrected chi connectivity index (χ2v) is 6.79. The molecule has 0 fully saturated rings. The largest absolute Gasteiger partial charge is 0.466 e. The lowest BCUT2D eigenvalue weighted by Gasteiger charge is -2.29. The molecule has 0 saturated carbocycles. The normalized spacial score (nSPS) is 19.6. The zero-order valence-electron chi connectivity index (χ0n) is 15.0. The number of nitrogens with one attached hydrogen (secondary N) is 2. The molecule has 2 N–H and O–H groups in total. The Bertz CT molecular complexity index is 969. The van der Waals surface area contributed by atoms with Crippen LogP contribution < -0.4 is 5.32 Å². The van der Waals surface area contributed by atoms with E-state index < -0.39 is 0 Å². The number of hydrogen-bond acceptors (Lipinski definition) is 3. The Morgan fingerprint density at radius 1 is 1.15 bits per heavy atom. The zero-order chi connectivity index (χ0) is 18.1. The second kappa shape index (κ2) is 6.81. The van der Waals surface area contributed by atoms with E-state index in [2.05, 4.69) is 58.4 Å². The van der Waals surface area contributed by atoms with Gasteiger partial charge >= 0.3 is 5.97 Å². The molecule has 4 rings (SSSR count). The van der Waals surface area contributed by atoms with Gasteiger partial charge in [0.25, 0.3) is 0 Å². The molecule has 132 valence electrons. The van der Waals surface area contributed by atoms with Crippen molar-refractivity contribution < 1.29 is 9.53 Å². The van der Waals surface area contributed by atoms with Crippen LogP contribution in [0, 0.1) is 0 Å². The van der Waals surface area contributed by atoms with Crippen molar-refractivity contribution in [1.29, 1.82) is 0 Å². The molecular weight excluding hydrogens is 324 g/mol. The van der Waals surface area contributed by atoms with Crippen molar-refractivity contribution in [3.05, 3.63) is 77.0 Å². The van der Waals surface area contributed by atoms with E-state index >= 15 is 0 Å². The number of methoxy groups -OCH3 is 1. The van der Waals surface area contributed by atoms with Gasteiger partial charge < -0.3 is 15.0 Å². The summed E-state index contributed by atoms with van der Waals surface area (Å²) in [5.74, 6) is -0.348. The molecule has 26 heavy (non-hydrogen) atoms. The fourth-order valence-electron chi connectivity index (χ4n) is 3.71. The highest BCUT2D eigenvalue weighted by Crippen LogP contribution is 2.35. The molecule has 0 saturated heterocycles. The van der Waals surface area contributed by atoms with E-state index in [1.165, 1.54) is 40.9 Å². The maximum Gasteiger partial charge on any atom is 0.330 e. The van der Waals surface area contributed by atoms with Gasteiger partial charge in [0.05, 0.1) is 13.2 Å². The predicted octanol–water partition coefficient (Wildman–Crippen LogP) is 3.98. The van der Waals surface area contributed by atoms with Crippen LogP contribution in [0.2, 0.25) is 0 Å². The maximum absolute atomic E-state index is 11.2. The third kappa shape index (κ3) is 3.04. The Morgan fingerprint density at radius 2 is 1.92 bits per heavy atom. The molecule has 4 nitrogen and oxygen atoms in total. The van der Waals surface area contributed by atoms with Crippen LogP contribution in [0.25, 0.3) is 17.0 Å². The highest BCUT2D eigenvalue weighted by atomic mass is 16.5. The SMILES string of the molecule is COC(=O)/C=C/c1ccc(C2N[C@H](C)Cc3c2[nH]c2ccccc32)cc1. The summed E-state index contributed by atoms with van der Waals surface area (Å²) in [6.45, 7) is 2.23. The van der Waals surface area contributed by atoms with Crippen molar-refractivity contribution in [2.24, 2.45) is 0 Å². The minimum absolute atomic E-state index is 0.139. The van der Waals surface area contributed by atoms with Crippen molar-refractivity contribution in [2.45, 2.75) is 25.4 Å². The van der Waals surface area contributed by atoms with Crippen molar-refractivity contribution in [3.63, 3.8) is 0 Å². The number of para-hydroxylation sites is 1. The number of ether oxygens (including phenoxy) is 1. The number of aromatic nitrogens is 1. The van der Waals surface area contributed by atoms with Gasteiger partial charge in [-0.1, -0.05) is 42.5 Å². The zero-order valence-corrected chi connectivity index (χ0v) is 15.0. The summed E-state index contributed by atoms with van der Waals surface area (Å²) in [6, 6.07) is 17.3. The van der Waals surface area contributed by atoms with Gasteiger partial charge in [-0.2, -0.15) is 0 Å². The first-order valence-corrected chi connectivity index (χ1v) is 8.87. The molecule has 0 bridgehead atoms. The molecule has 2 heterocycles. The molecular formula is C22H22N2O2. The van der Waals surface area contributed by atoms with Gasteiger partial charge in [0.15, 0.2) is 0 Å². The Kier molecular flexibility index (Phi) is 4.35. The lowest BCUT2D eigenvalue weighted by molar-refractivity contribution is -0.134. The van der Waals surface area contributed by atoms with Gasteiger partial charge in [0.2, 0.25) is 0 Å². The minimum atomic E-state index is -0.348. The predicted molar refractivity (Wildman–Crippen MR) is 104 cm³/mol. The molecule has 1 unspecified atom stereocenters. The molecule has 0 aliphatic carbocycles. The first-order chi connectivity index (χ1) is 12.7. The maximum atomic E-state index is 11.2. The molecule has 0 amide bonds. The first kappa shape index (κ1) is 16.6. The lowest BCUT2D eigenvalue weighted by atomic mass is 9.90. The number of esters is 1. The fourth-order valence-corrected chi connectivity index (χ4v) is 3.71. The number of hydrogen-bond donors (Lipinski definition) is 2. The van der Waals surface area contributed by atoms with E-state index in [0.29, 0.717) is 6.04 Å². The van der Waals surface area contributed by atoms with E-state index in [-0.39, 0.29) is 12.0 Å². The van der Waals surface area contributed by atoms with Gasteiger partial charge in [0.1, 0.15) is 0 Å². The molecule has 2 aromatic carbocycles. The summed E-state index contributed by atoms with van der Waals surface area (Å²) in [5, 5.41) is 5.02. The second-order valence-electron chi connectivity index (χ2n) is 6.79. The van der Waals surface area contributed by atoms with E-state index in [1.807, 2.05) is 12.1 Å². The van der Waals surface area contributed by atoms with Crippen LogP contribution in [0.1, 0.15) is 35.3 Å². The van der Waals surface area contributed by atoms with E-state index in [0.717, 1.165) is 12.0 Å². The third-order valence-electron chi connectivity index (χ3n) is 4.98. The van der Waals surface area contributed by atoms with Crippen LogP contribution in [0.15, 0.2) is 54.6 Å². The Labute approximate surface area is 152 Å². The van der Waals surface area contributed by atoms with Crippen LogP contribution in [-0.2, 0) is 16.0 Å². The molecule has 4 heteroatoms.